The summed E-state index contributed by atoms with van der Waals surface area (Å²) in [6, 6.07) is 0.406. The van der Waals surface area contributed by atoms with Crippen molar-refractivity contribution >= 4 is 22.4 Å². The molecule has 84 valence electrons. The second kappa shape index (κ2) is 5.70. The highest BCUT2D eigenvalue weighted by Gasteiger charge is 2.06. The zero-order chi connectivity index (χ0) is 11.3. The molecule has 0 saturated carbocycles. The van der Waals surface area contributed by atoms with Crippen LogP contribution in [0.2, 0.25) is 0 Å². The lowest BCUT2D eigenvalue weighted by molar-refractivity contribution is -0.136. The Morgan fingerprint density at radius 1 is 1.73 bits per heavy atom. The van der Waals surface area contributed by atoms with Crippen LogP contribution >= 0.6 is 11.3 Å². The molecule has 0 amide bonds. The van der Waals surface area contributed by atoms with Crippen LogP contribution in [0.5, 0.6) is 0 Å². The summed E-state index contributed by atoms with van der Waals surface area (Å²) in [4.78, 5) is 14.7. The Morgan fingerprint density at radius 3 is 3.07 bits per heavy atom. The lowest BCUT2D eigenvalue weighted by atomic mass is 10.2. The number of nitrogens with one attached hydrogen (secondary N) is 1. The molecule has 0 aromatic carbocycles. The van der Waals surface area contributed by atoms with Crippen molar-refractivity contribution in [3.05, 3.63) is 11.1 Å². The van der Waals surface area contributed by atoms with E-state index < -0.39 is 5.97 Å². The molecule has 15 heavy (non-hydrogen) atoms. The molecular formula is C10H16N2O2S. The maximum Gasteiger partial charge on any atom is 0.303 e. The average Bonchev–Trinajstić information content (AvgIpc) is 2.62. The zero-order valence-corrected chi connectivity index (χ0v) is 9.80. The largest absolute Gasteiger partial charge is 0.481 e. The number of hydrogen-bond donors (Lipinski definition) is 2. The molecule has 0 saturated heterocycles. The zero-order valence-electron chi connectivity index (χ0n) is 8.99. The van der Waals surface area contributed by atoms with Crippen LogP contribution in [0.25, 0.3) is 0 Å². The van der Waals surface area contributed by atoms with Gasteiger partial charge < -0.3 is 10.4 Å². The van der Waals surface area contributed by atoms with Gasteiger partial charge in [-0.25, -0.2) is 4.98 Å². The van der Waals surface area contributed by atoms with Crippen LogP contribution < -0.4 is 5.32 Å². The number of thiazole rings is 1. The normalized spacial score (nSPS) is 12.4. The molecule has 0 aliphatic heterocycles. The third-order valence-electron chi connectivity index (χ3n) is 2.13. The first-order valence-electron chi connectivity index (χ1n) is 5.04. The van der Waals surface area contributed by atoms with Gasteiger partial charge in [-0.05, 0) is 13.3 Å². The monoisotopic (exact) mass is 228 g/mol. The van der Waals surface area contributed by atoms with Gasteiger partial charge >= 0.3 is 5.97 Å². The summed E-state index contributed by atoms with van der Waals surface area (Å²) in [7, 11) is 0. The maximum atomic E-state index is 10.4. The number of carboxylic acid groups (broad SMARTS) is 1. The molecule has 1 heterocycles. The van der Waals surface area contributed by atoms with E-state index in [-0.39, 0.29) is 6.42 Å². The van der Waals surface area contributed by atoms with Gasteiger partial charge in [0.15, 0.2) is 5.13 Å². The summed E-state index contributed by atoms with van der Waals surface area (Å²) in [5.41, 5.74) is 0.855. The first-order valence-corrected chi connectivity index (χ1v) is 5.92. The predicted molar refractivity (Wildman–Crippen MR) is 61.4 cm³/mol. The molecule has 0 aliphatic rings. The Hall–Kier alpha value is -1.10. The molecule has 0 radical (unpaired) electrons. The molecule has 2 N–H and O–H groups in total. The molecule has 0 fully saturated rings. The number of carboxylic acids is 1. The Morgan fingerprint density at radius 2 is 2.47 bits per heavy atom. The van der Waals surface area contributed by atoms with Crippen molar-refractivity contribution in [3.8, 4) is 0 Å². The number of aryl methyl sites for hydroxylation is 1. The topological polar surface area (TPSA) is 62.2 Å². The van der Waals surface area contributed by atoms with Gasteiger partial charge in [0.1, 0.15) is 0 Å². The van der Waals surface area contributed by atoms with Crippen molar-refractivity contribution in [3.63, 3.8) is 0 Å². The number of aromatic nitrogens is 1. The Labute approximate surface area is 93.4 Å². The molecule has 0 spiro atoms. The van der Waals surface area contributed by atoms with E-state index in [0.717, 1.165) is 17.2 Å². The summed E-state index contributed by atoms with van der Waals surface area (Å²) < 4.78 is 0. The molecule has 1 atom stereocenters. The summed E-state index contributed by atoms with van der Waals surface area (Å²) in [5, 5.41) is 14.6. The van der Waals surface area contributed by atoms with Crippen molar-refractivity contribution in [1.82, 2.24) is 4.98 Å². The van der Waals surface area contributed by atoms with E-state index in [0.29, 0.717) is 12.5 Å². The summed E-state index contributed by atoms with van der Waals surface area (Å²) in [6.07, 6.45) is 1.70. The second-order valence-corrected chi connectivity index (χ2v) is 4.35. The molecule has 5 heteroatoms. The van der Waals surface area contributed by atoms with Gasteiger partial charge in [-0.1, -0.05) is 6.92 Å². The van der Waals surface area contributed by atoms with E-state index in [4.69, 9.17) is 5.11 Å². The van der Waals surface area contributed by atoms with Crippen LogP contribution in [0.4, 0.5) is 5.13 Å². The highest BCUT2D eigenvalue weighted by atomic mass is 32.1. The fraction of sp³-hybridized carbons (Fsp3) is 0.600. The van der Waals surface area contributed by atoms with Gasteiger partial charge in [0, 0.05) is 17.8 Å². The van der Waals surface area contributed by atoms with Crippen molar-refractivity contribution < 1.29 is 9.90 Å². The first-order chi connectivity index (χ1) is 7.11. The fourth-order valence-corrected chi connectivity index (χ4v) is 1.89. The van der Waals surface area contributed by atoms with Gasteiger partial charge in [0.25, 0.3) is 0 Å². The van der Waals surface area contributed by atoms with Crippen molar-refractivity contribution in [1.29, 1.82) is 0 Å². The molecule has 1 rings (SSSR count). The molecule has 1 aromatic heterocycles. The van der Waals surface area contributed by atoms with Gasteiger partial charge in [-0.2, -0.15) is 0 Å². The lowest BCUT2D eigenvalue weighted by Crippen LogP contribution is -2.13. The van der Waals surface area contributed by atoms with E-state index in [1.165, 1.54) is 11.3 Å². The van der Waals surface area contributed by atoms with Gasteiger partial charge in [-0.15, -0.1) is 11.3 Å². The Kier molecular flexibility index (Phi) is 4.55. The SMILES string of the molecule is CCC(C)Nc1nc(CCC(=O)O)cs1. The number of anilines is 1. The van der Waals surface area contributed by atoms with E-state index in [1.54, 1.807) is 0 Å². The Balaban J connectivity index is 2.45. The highest BCUT2D eigenvalue weighted by molar-refractivity contribution is 7.13. The number of rotatable bonds is 6. The highest BCUT2D eigenvalue weighted by Crippen LogP contribution is 2.17. The van der Waals surface area contributed by atoms with Gasteiger partial charge in [0.05, 0.1) is 12.1 Å². The molecule has 0 bridgehead atoms. The maximum absolute atomic E-state index is 10.4. The van der Waals surface area contributed by atoms with Crippen molar-refractivity contribution in [2.75, 3.05) is 5.32 Å². The lowest BCUT2D eigenvalue weighted by Gasteiger charge is -2.08. The van der Waals surface area contributed by atoms with Gasteiger partial charge in [0.2, 0.25) is 0 Å². The summed E-state index contributed by atoms with van der Waals surface area (Å²) in [5.74, 6) is -0.778. The summed E-state index contributed by atoms with van der Waals surface area (Å²) >= 11 is 1.53. The predicted octanol–water partition coefficient (Wildman–Crippen LogP) is 2.37. The van der Waals surface area contributed by atoms with Crippen LogP contribution in [0.15, 0.2) is 5.38 Å². The minimum absolute atomic E-state index is 0.145. The smallest absolute Gasteiger partial charge is 0.303 e. The van der Waals surface area contributed by atoms with Crippen molar-refractivity contribution in [2.24, 2.45) is 0 Å². The minimum Gasteiger partial charge on any atom is -0.481 e. The van der Waals surface area contributed by atoms with Crippen LogP contribution in [0.1, 0.15) is 32.4 Å². The Bertz CT molecular complexity index is 325. The van der Waals surface area contributed by atoms with Gasteiger partial charge in [-0.3, -0.25) is 4.79 Å². The molecule has 1 unspecified atom stereocenters. The average molecular weight is 228 g/mol. The number of nitrogens with zero attached hydrogens (tertiary/aromatic N) is 1. The summed E-state index contributed by atoms with van der Waals surface area (Å²) in [6.45, 7) is 4.20. The third-order valence-corrected chi connectivity index (χ3v) is 2.95. The first kappa shape index (κ1) is 12.0. The van der Waals surface area contributed by atoms with E-state index >= 15 is 0 Å². The van der Waals surface area contributed by atoms with Crippen LogP contribution in [0.3, 0.4) is 0 Å². The second-order valence-electron chi connectivity index (χ2n) is 3.49. The minimum atomic E-state index is -0.778. The van der Waals surface area contributed by atoms with E-state index in [2.05, 4.69) is 24.1 Å². The van der Waals surface area contributed by atoms with E-state index in [1.807, 2.05) is 5.38 Å². The van der Waals surface area contributed by atoms with Crippen LogP contribution in [-0.2, 0) is 11.2 Å². The quantitative estimate of drug-likeness (QED) is 0.784. The number of carbonyl (C=O) groups is 1. The fourth-order valence-electron chi connectivity index (χ4n) is 1.04. The third kappa shape index (κ3) is 4.29. The molecular weight excluding hydrogens is 212 g/mol. The number of hydrogen-bond acceptors (Lipinski definition) is 4. The molecule has 1 aromatic rings. The van der Waals surface area contributed by atoms with Crippen molar-refractivity contribution in [2.45, 2.75) is 39.2 Å². The van der Waals surface area contributed by atoms with Crippen LogP contribution in [-0.4, -0.2) is 22.1 Å². The van der Waals surface area contributed by atoms with E-state index in [9.17, 15) is 4.79 Å². The standard InChI is InChI=1S/C10H16N2O2S/c1-3-7(2)11-10-12-8(6-15-10)4-5-9(13)14/h6-7H,3-5H2,1-2H3,(H,11,12)(H,13,14). The number of aliphatic carboxylic acids is 1. The molecule has 4 nitrogen and oxygen atoms in total. The molecule has 0 aliphatic carbocycles. The van der Waals surface area contributed by atoms with Crippen LogP contribution in [0, 0.1) is 0 Å².